The van der Waals surface area contributed by atoms with Crippen molar-refractivity contribution in [3.05, 3.63) is 68.7 Å². The number of amides is 1. The van der Waals surface area contributed by atoms with Gasteiger partial charge in [0, 0.05) is 43.7 Å². The van der Waals surface area contributed by atoms with Gasteiger partial charge in [-0.3, -0.25) is 4.79 Å². The number of carbonyl (C=O) groups excluding carboxylic acids is 1. The van der Waals surface area contributed by atoms with Crippen molar-refractivity contribution in [3.8, 4) is 0 Å². The van der Waals surface area contributed by atoms with Gasteiger partial charge in [-0.25, -0.2) is 8.42 Å². The number of nitrogens with zero attached hydrogens (tertiary/aromatic N) is 2. The third-order valence-corrected chi connectivity index (χ3v) is 9.30. The summed E-state index contributed by atoms with van der Waals surface area (Å²) in [6.45, 7) is 3.57. The van der Waals surface area contributed by atoms with Crippen molar-refractivity contribution < 1.29 is 18.3 Å². The molecule has 0 aromatic heterocycles. The molecule has 1 aliphatic heterocycles. The van der Waals surface area contributed by atoms with E-state index in [0.717, 1.165) is 5.56 Å². The third kappa shape index (κ3) is 6.31. The first-order chi connectivity index (χ1) is 16.4. The van der Waals surface area contributed by atoms with Crippen molar-refractivity contribution in [2.45, 2.75) is 18.3 Å². The molecule has 0 saturated carbocycles. The molecule has 2 unspecified atom stereocenters. The van der Waals surface area contributed by atoms with Gasteiger partial charge in [0.05, 0.1) is 28.3 Å². The summed E-state index contributed by atoms with van der Waals surface area (Å²) in [6, 6.07) is 12.1. The van der Waals surface area contributed by atoms with E-state index in [1.165, 1.54) is 10.6 Å². The summed E-state index contributed by atoms with van der Waals surface area (Å²) in [5.74, 6) is -1.51. The van der Waals surface area contributed by atoms with E-state index in [9.17, 15) is 18.3 Å². The lowest BCUT2D eigenvalue weighted by molar-refractivity contribution is -0.126. The molecular formula is C24H30Cl3N3O4S. The molecule has 1 aliphatic rings. The first-order valence-electron chi connectivity index (χ1n) is 11.2. The second kappa shape index (κ2) is 11.3. The predicted octanol–water partition coefficient (Wildman–Crippen LogP) is 3.36. The van der Waals surface area contributed by atoms with Crippen LogP contribution >= 0.6 is 34.8 Å². The molecule has 3 N–H and O–H groups in total. The Morgan fingerprint density at radius 1 is 1.06 bits per heavy atom. The number of rotatable bonds is 9. The van der Waals surface area contributed by atoms with Crippen LogP contribution < -0.4 is 5.73 Å². The lowest BCUT2D eigenvalue weighted by atomic mass is 9.64. The molecule has 0 aliphatic carbocycles. The van der Waals surface area contributed by atoms with Crippen LogP contribution in [0.3, 0.4) is 0 Å². The minimum Gasteiger partial charge on any atom is -0.396 e. The Morgan fingerprint density at radius 3 is 2.14 bits per heavy atom. The van der Waals surface area contributed by atoms with Gasteiger partial charge in [0.25, 0.3) is 0 Å². The molecule has 35 heavy (non-hydrogen) atoms. The van der Waals surface area contributed by atoms with Crippen LogP contribution in [0, 0.1) is 5.92 Å². The molecule has 1 amide bonds. The molecular weight excluding hydrogens is 533 g/mol. The second-order valence-corrected chi connectivity index (χ2v) is 12.3. The van der Waals surface area contributed by atoms with Gasteiger partial charge in [-0.15, -0.1) is 0 Å². The number of aliphatic hydroxyl groups is 1. The highest BCUT2D eigenvalue weighted by Crippen LogP contribution is 2.43. The van der Waals surface area contributed by atoms with E-state index in [-0.39, 0.29) is 6.61 Å². The topological polar surface area (TPSA) is 104 Å². The van der Waals surface area contributed by atoms with Gasteiger partial charge in [0.1, 0.15) is 0 Å². The number of halogens is 3. The molecule has 3 atom stereocenters. The number of carbonyl (C=O) groups is 1. The minimum absolute atomic E-state index is 0.236. The molecule has 2 aromatic rings. The van der Waals surface area contributed by atoms with Gasteiger partial charge in [-0.1, -0.05) is 53.0 Å². The van der Waals surface area contributed by atoms with Crippen LogP contribution in [0.5, 0.6) is 0 Å². The minimum atomic E-state index is -3.29. The number of primary amides is 1. The summed E-state index contributed by atoms with van der Waals surface area (Å²) in [4.78, 5) is 15.2. The van der Waals surface area contributed by atoms with E-state index in [1.54, 1.807) is 37.3 Å². The van der Waals surface area contributed by atoms with Crippen LogP contribution in [0.2, 0.25) is 15.1 Å². The predicted molar refractivity (Wildman–Crippen MR) is 141 cm³/mol. The highest BCUT2D eigenvalue weighted by molar-refractivity contribution is 7.88. The molecule has 1 fully saturated rings. The Kier molecular flexibility index (Phi) is 9.13. The van der Waals surface area contributed by atoms with Gasteiger partial charge < -0.3 is 15.7 Å². The molecule has 2 aromatic carbocycles. The average Bonchev–Trinajstić information content (AvgIpc) is 2.81. The average molecular weight is 563 g/mol. The Morgan fingerprint density at radius 2 is 1.66 bits per heavy atom. The molecule has 3 rings (SSSR count). The second-order valence-electron chi connectivity index (χ2n) is 9.11. The summed E-state index contributed by atoms with van der Waals surface area (Å²) in [5.41, 5.74) is 6.22. The molecule has 192 valence electrons. The Bertz CT molecular complexity index is 1160. The smallest absolute Gasteiger partial charge is 0.228 e. The summed E-state index contributed by atoms with van der Waals surface area (Å²) in [7, 11) is -3.29. The number of nitrogens with two attached hydrogens (primary N) is 1. The maximum absolute atomic E-state index is 13.1. The van der Waals surface area contributed by atoms with E-state index in [4.69, 9.17) is 40.5 Å². The number of hydrogen-bond acceptors (Lipinski definition) is 5. The van der Waals surface area contributed by atoms with Crippen molar-refractivity contribution in [1.29, 1.82) is 0 Å². The highest BCUT2D eigenvalue weighted by Gasteiger charge is 2.46. The fourth-order valence-electron chi connectivity index (χ4n) is 4.77. The van der Waals surface area contributed by atoms with Crippen LogP contribution in [0.25, 0.3) is 0 Å². The van der Waals surface area contributed by atoms with Gasteiger partial charge >= 0.3 is 0 Å². The highest BCUT2D eigenvalue weighted by atomic mass is 35.5. The fourth-order valence-corrected chi connectivity index (χ4v) is 6.02. The first-order valence-corrected chi connectivity index (χ1v) is 14.2. The zero-order valence-corrected chi connectivity index (χ0v) is 22.7. The zero-order chi connectivity index (χ0) is 26.0. The monoisotopic (exact) mass is 561 g/mol. The molecule has 0 spiro atoms. The first kappa shape index (κ1) is 28.2. The van der Waals surface area contributed by atoms with Crippen LogP contribution in [-0.4, -0.2) is 74.2 Å². The van der Waals surface area contributed by atoms with Crippen LogP contribution in [0.15, 0.2) is 42.5 Å². The molecule has 11 heteroatoms. The maximum Gasteiger partial charge on any atom is 0.228 e. The number of hydrogen-bond donors (Lipinski definition) is 2. The Labute approximate surface area is 221 Å². The van der Waals surface area contributed by atoms with Crippen LogP contribution in [-0.2, 0) is 20.2 Å². The van der Waals surface area contributed by atoms with Gasteiger partial charge in [-0.05, 0) is 48.2 Å². The normalized spacial score (nSPS) is 19.1. The SMILES string of the molecule is CC(C(N)=O)(c1ccc(Cl)c(Cl)c1)C(CN1CCN(S(C)(=O)=O)CC1)[C@@H](CO)c1ccc(Cl)cc1. The van der Waals surface area contributed by atoms with Gasteiger partial charge in [0.2, 0.25) is 15.9 Å². The van der Waals surface area contributed by atoms with Gasteiger partial charge in [-0.2, -0.15) is 4.31 Å². The van der Waals surface area contributed by atoms with E-state index < -0.39 is 33.2 Å². The van der Waals surface area contributed by atoms with E-state index in [2.05, 4.69) is 4.90 Å². The van der Waals surface area contributed by atoms with Crippen molar-refractivity contribution in [3.63, 3.8) is 0 Å². The van der Waals surface area contributed by atoms with Crippen molar-refractivity contribution in [2.75, 3.05) is 45.6 Å². The molecule has 0 bridgehead atoms. The van der Waals surface area contributed by atoms with E-state index in [0.29, 0.717) is 53.4 Å². The fraction of sp³-hybridized carbons (Fsp3) is 0.458. The summed E-state index contributed by atoms with van der Waals surface area (Å²) in [6.07, 6.45) is 1.20. The molecule has 0 radical (unpaired) electrons. The quantitative estimate of drug-likeness (QED) is 0.488. The molecule has 7 nitrogen and oxygen atoms in total. The maximum atomic E-state index is 13.1. The standard InChI is InChI=1S/C24H30Cl3N3O4S/c1-24(23(28)32,17-5-8-21(26)22(27)13-17)20(19(15-31)16-3-6-18(25)7-4-16)14-29-9-11-30(12-10-29)35(2,33)34/h3-8,13,19-20,31H,9-12,14-15H2,1-2H3,(H2,28,32)/t19-,20?,24?/m0/s1. The summed E-state index contributed by atoms with van der Waals surface area (Å²) >= 11 is 18.5. The Hall–Kier alpha value is -1.39. The third-order valence-electron chi connectivity index (χ3n) is 7.01. The summed E-state index contributed by atoms with van der Waals surface area (Å²) < 4.78 is 25.3. The van der Waals surface area contributed by atoms with Crippen LogP contribution in [0.1, 0.15) is 24.0 Å². The number of piperazine rings is 1. The van der Waals surface area contributed by atoms with Crippen LogP contribution in [0.4, 0.5) is 0 Å². The summed E-state index contributed by atoms with van der Waals surface area (Å²) in [5, 5.41) is 11.8. The van der Waals surface area contributed by atoms with E-state index >= 15 is 0 Å². The lowest BCUT2D eigenvalue weighted by Gasteiger charge is -2.44. The molecule has 1 saturated heterocycles. The van der Waals surface area contributed by atoms with Gasteiger partial charge in [0.15, 0.2) is 0 Å². The van der Waals surface area contributed by atoms with E-state index in [1.807, 2.05) is 12.1 Å². The van der Waals surface area contributed by atoms with Crippen molar-refractivity contribution >= 4 is 50.7 Å². The van der Waals surface area contributed by atoms with Crippen molar-refractivity contribution in [2.24, 2.45) is 11.7 Å². The largest absolute Gasteiger partial charge is 0.396 e. The lowest BCUT2D eigenvalue weighted by Crippen LogP contribution is -2.55. The Balaban J connectivity index is 2.06. The van der Waals surface area contributed by atoms with Crippen molar-refractivity contribution in [1.82, 2.24) is 9.21 Å². The molecule has 1 heterocycles. The number of aliphatic hydroxyl groups excluding tert-OH is 1. The number of sulfonamides is 1. The number of benzene rings is 2. The zero-order valence-electron chi connectivity index (χ0n) is 19.6.